The van der Waals surface area contributed by atoms with E-state index >= 15 is 0 Å². The van der Waals surface area contributed by atoms with Crippen LogP contribution >= 0.6 is 0 Å². The highest BCUT2D eigenvalue weighted by Gasteiger charge is 2.60. The molecule has 7 rings (SSSR count). The molecular weight excluding hydrogens is 544 g/mol. The molecule has 0 aliphatic carbocycles. The van der Waals surface area contributed by atoms with E-state index in [-0.39, 0.29) is 11.7 Å². The van der Waals surface area contributed by atoms with Gasteiger partial charge in [-0.1, -0.05) is 78.9 Å². The Balaban J connectivity index is 1.28. The first-order valence-electron chi connectivity index (χ1n) is 13.9. The fourth-order valence-corrected chi connectivity index (χ4v) is 5.88. The Morgan fingerprint density at radius 3 is 2.21 bits per heavy atom. The maximum Gasteiger partial charge on any atom is 0.343 e. The Morgan fingerprint density at radius 2 is 1.44 bits per heavy atom. The first kappa shape index (κ1) is 26.4. The molecular formula is C35H26N2O6. The third-order valence-corrected chi connectivity index (χ3v) is 7.87. The summed E-state index contributed by atoms with van der Waals surface area (Å²) in [6.07, 6.45) is -1.03. The molecule has 0 bridgehead atoms. The Kier molecular flexibility index (Phi) is 6.60. The fourth-order valence-electron chi connectivity index (χ4n) is 5.88. The van der Waals surface area contributed by atoms with Gasteiger partial charge in [0, 0.05) is 5.39 Å². The van der Waals surface area contributed by atoms with Crippen molar-refractivity contribution >= 4 is 39.9 Å². The molecule has 0 aromatic heterocycles. The Labute approximate surface area is 247 Å². The largest absolute Gasteiger partial charge is 0.493 e. The lowest BCUT2D eigenvalue weighted by molar-refractivity contribution is -0.126. The number of anilines is 2. The van der Waals surface area contributed by atoms with Crippen molar-refractivity contribution in [3.63, 3.8) is 0 Å². The van der Waals surface area contributed by atoms with Gasteiger partial charge in [0.1, 0.15) is 5.92 Å². The predicted molar refractivity (Wildman–Crippen MR) is 161 cm³/mol. The molecule has 2 aliphatic heterocycles. The van der Waals surface area contributed by atoms with Crippen molar-refractivity contribution in [2.24, 2.45) is 5.92 Å². The fraction of sp³-hybridized carbons (Fsp3) is 0.114. The van der Waals surface area contributed by atoms with Gasteiger partial charge in [-0.05, 0) is 53.4 Å². The van der Waals surface area contributed by atoms with Crippen LogP contribution in [0.3, 0.4) is 0 Å². The Hall–Kier alpha value is -5.47. The van der Waals surface area contributed by atoms with E-state index in [1.54, 1.807) is 53.6 Å². The highest BCUT2D eigenvalue weighted by molar-refractivity contribution is 6.26. The van der Waals surface area contributed by atoms with Crippen LogP contribution in [-0.2, 0) is 14.4 Å². The molecule has 2 saturated heterocycles. The minimum absolute atomic E-state index is 0.230. The van der Waals surface area contributed by atoms with Crippen molar-refractivity contribution < 1.29 is 28.7 Å². The number of ether oxygens (including phenoxy) is 2. The number of hydrogen-bond donors (Lipinski definition) is 0. The van der Waals surface area contributed by atoms with Crippen molar-refractivity contribution in [2.45, 2.75) is 12.1 Å². The molecule has 2 fully saturated rings. The molecule has 2 amide bonds. The van der Waals surface area contributed by atoms with Crippen LogP contribution in [0.1, 0.15) is 22.0 Å². The second kappa shape index (κ2) is 10.7. The van der Waals surface area contributed by atoms with Gasteiger partial charge in [0.15, 0.2) is 17.6 Å². The lowest BCUT2D eigenvalue weighted by Crippen LogP contribution is -2.37. The molecule has 43 heavy (non-hydrogen) atoms. The predicted octanol–water partition coefficient (Wildman–Crippen LogP) is 6.12. The number of para-hydroxylation sites is 1. The summed E-state index contributed by atoms with van der Waals surface area (Å²) in [5.74, 6) is -1.60. The maximum absolute atomic E-state index is 14.2. The molecule has 8 nitrogen and oxygen atoms in total. The number of nitrogens with zero attached hydrogens (tertiary/aromatic N) is 2. The molecule has 8 heteroatoms. The summed E-state index contributed by atoms with van der Waals surface area (Å²) < 4.78 is 11.3. The van der Waals surface area contributed by atoms with Gasteiger partial charge in [-0.3, -0.25) is 14.4 Å². The van der Waals surface area contributed by atoms with Crippen LogP contribution in [0, 0.1) is 5.92 Å². The first-order chi connectivity index (χ1) is 21.0. The third-order valence-electron chi connectivity index (χ3n) is 7.87. The van der Waals surface area contributed by atoms with Crippen molar-refractivity contribution in [3.05, 3.63) is 132 Å². The summed E-state index contributed by atoms with van der Waals surface area (Å²) in [7, 11) is 1.48. The first-order valence-corrected chi connectivity index (χ1v) is 13.9. The zero-order valence-corrected chi connectivity index (χ0v) is 23.1. The third kappa shape index (κ3) is 4.49. The zero-order valence-electron chi connectivity index (χ0n) is 23.1. The van der Waals surface area contributed by atoms with Crippen LogP contribution in [0.5, 0.6) is 11.5 Å². The molecule has 0 unspecified atom stereocenters. The van der Waals surface area contributed by atoms with Crippen molar-refractivity contribution in [3.8, 4) is 11.5 Å². The summed E-state index contributed by atoms with van der Waals surface area (Å²) in [4.78, 5) is 48.4. The molecule has 0 N–H and O–H groups in total. The van der Waals surface area contributed by atoms with Crippen LogP contribution in [0.2, 0.25) is 0 Å². The normalized spacial score (nSPS) is 19.5. The van der Waals surface area contributed by atoms with Gasteiger partial charge < -0.3 is 9.47 Å². The summed E-state index contributed by atoms with van der Waals surface area (Å²) in [6.45, 7) is 0. The zero-order chi connectivity index (χ0) is 29.5. The molecule has 0 spiro atoms. The Bertz CT molecular complexity index is 1850. The van der Waals surface area contributed by atoms with Crippen LogP contribution in [0.25, 0.3) is 10.8 Å². The average Bonchev–Trinajstić information content (AvgIpc) is 3.57. The van der Waals surface area contributed by atoms with Crippen molar-refractivity contribution in [2.75, 3.05) is 17.1 Å². The van der Waals surface area contributed by atoms with Crippen molar-refractivity contribution in [1.29, 1.82) is 0 Å². The lowest BCUT2D eigenvalue weighted by atomic mass is 9.90. The number of hydrogen-bond acceptors (Lipinski definition) is 7. The highest BCUT2D eigenvalue weighted by Crippen LogP contribution is 2.49. The molecule has 212 valence electrons. The van der Waals surface area contributed by atoms with Gasteiger partial charge in [-0.15, -0.1) is 0 Å². The number of methoxy groups -OCH3 is 1. The standard InChI is InChI=1S/C35H26N2O6/c1-41-29-21-24(19-20-28(29)42-35(40)23-12-4-2-5-13-23)31-30-32(43-37(31)25-15-6-3-7-16-25)34(39)36(33(30)38)27-18-10-14-22-11-8-9-17-26(22)27/h2-21,30-32H,1H3/t30-,31-,32+/m1/s1. The molecule has 5 aromatic rings. The van der Waals surface area contributed by atoms with E-state index < -0.39 is 29.9 Å². The van der Waals surface area contributed by atoms with E-state index in [0.717, 1.165) is 10.8 Å². The summed E-state index contributed by atoms with van der Waals surface area (Å²) in [5.41, 5.74) is 2.28. The average molecular weight is 571 g/mol. The van der Waals surface area contributed by atoms with E-state index in [1.807, 2.05) is 72.8 Å². The number of hydroxylamine groups is 1. The summed E-state index contributed by atoms with van der Waals surface area (Å²) in [6, 6.07) is 35.6. The number of carbonyl (C=O) groups is 3. The SMILES string of the molecule is COc1cc([C@@H]2[C@H]3C(=O)N(c4cccc5ccccc45)C(=O)[C@H]3ON2c2ccccc2)ccc1OC(=O)c1ccccc1. The maximum atomic E-state index is 14.2. The van der Waals surface area contributed by atoms with Crippen LogP contribution in [0.15, 0.2) is 121 Å². The molecule has 0 radical (unpaired) electrons. The number of imide groups is 1. The minimum atomic E-state index is -1.03. The van der Waals surface area contributed by atoms with Gasteiger partial charge in [0.25, 0.3) is 5.91 Å². The van der Waals surface area contributed by atoms with Gasteiger partial charge >= 0.3 is 5.97 Å². The van der Waals surface area contributed by atoms with Crippen LogP contribution in [0.4, 0.5) is 11.4 Å². The Morgan fingerprint density at radius 1 is 0.744 bits per heavy atom. The number of rotatable bonds is 6. The molecule has 2 aliphatic rings. The van der Waals surface area contributed by atoms with Gasteiger partial charge in [0.2, 0.25) is 5.91 Å². The number of carbonyl (C=O) groups excluding carboxylic acids is 3. The van der Waals surface area contributed by atoms with E-state index in [9.17, 15) is 14.4 Å². The van der Waals surface area contributed by atoms with Gasteiger partial charge in [-0.25, -0.2) is 14.8 Å². The number of fused-ring (bicyclic) bond motifs is 2. The molecule has 5 aromatic carbocycles. The molecule has 3 atom stereocenters. The van der Waals surface area contributed by atoms with E-state index in [4.69, 9.17) is 14.3 Å². The van der Waals surface area contributed by atoms with Gasteiger partial charge in [-0.2, -0.15) is 0 Å². The van der Waals surface area contributed by atoms with Crippen LogP contribution in [-0.4, -0.2) is 31.0 Å². The quantitative estimate of drug-likeness (QED) is 0.138. The topological polar surface area (TPSA) is 85.4 Å². The number of esters is 1. The summed E-state index contributed by atoms with van der Waals surface area (Å²) >= 11 is 0. The van der Waals surface area contributed by atoms with E-state index in [2.05, 4.69) is 0 Å². The van der Waals surface area contributed by atoms with E-state index in [0.29, 0.717) is 28.3 Å². The van der Waals surface area contributed by atoms with Crippen molar-refractivity contribution in [1.82, 2.24) is 0 Å². The highest BCUT2D eigenvalue weighted by atomic mass is 16.7. The lowest BCUT2D eigenvalue weighted by Gasteiger charge is -2.29. The number of benzene rings is 5. The second-order valence-electron chi connectivity index (χ2n) is 10.3. The van der Waals surface area contributed by atoms with E-state index in [1.165, 1.54) is 12.0 Å². The second-order valence-corrected chi connectivity index (χ2v) is 10.3. The smallest absolute Gasteiger partial charge is 0.343 e. The molecule has 0 saturated carbocycles. The minimum Gasteiger partial charge on any atom is -0.493 e. The number of amides is 2. The van der Waals surface area contributed by atoms with Gasteiger partial charge in [0.05, 0.1) is 30.1 Å². The van der Waals surface area contributed by atoms with Crippen LogP contribution < -0.4 is 19.4 Å². The summed E-state index contributed by atoms with van der Waals surface area (Å²) in [5, 5.41) is 3.34. The molecule has 2 heterocycles. The monoisotopic (exact) mass is 570 g/mol.